The number of rotatable bonds is 7. The number of carbonyl (C=O) groups excluding carboxylic acids is 2. The molecule has 1 atom stereocenters. The zero-order chi connectivity index (χ0) is 27.2. The zero-order valence-electron chi connectivity index (χ0n) is 22.4. The number of aryl methyl sites for hydroxylation is 1. The van der Waals surface area contributed by atoms with Gasteiger partial charge in [-0.25, -0.2) is 0 Å². The summed E-state index contributed by atoms with van der Waals surface area (Å²) in [4.78, 5) is 32.7. The zero-order valence-corrected chi connectivity index (χ0v) is 22.4. The van der Waals surface area contributed by atoms with Crippen LogP contribution in [0.4, 0.5) is 5.82 Å². The highest BCUT2D eigenvalue weighted by molar-refractivity contribution is 5.97. The van der Waals surface area contributed by atoms with Crippen LogP contribution in [0.25, 0.3) is 11.3 Å². The molecule has 7 nitrogen and oxygen atoms in total. The molecular formula is C32H33N5O2. The summed E-state index contributed by atoms with van der Waals surface area (Å²) in [5.74, 6) is 0.603. The van der Waals surface area contributed by atoms with E-state index in [1.54, 1.807) is 4.90 Å². The van der Waals surface area contributed by atoms with E-state index in [0.717, 1.165) is 28.2 Å². The average Bonchev–Trinajstić information content (AvgIpc) is 3.00. The summed E-state index contributed by atoms with van der Waals surface area (Å²) in [6.07, 6.45) is 0. The fraction of sp³-hybridized carbons (Fsp3) is 0.250. The highest BCUT2D eigenvalue weighted by Crippen LogP contribution is 2.24. The summed E-state index contributed by atoms with van der Waals surface area (Å²) in [5, 5.41) is 8.84. The van der Waals surface area contributed by atoms with Gasteiger partial charge < -0.3 is 14.7 Å². The Hall–Kier alpha value is -4.52. The molecule has 1 aliphatic heterocycles. The van der Waals surface area contributed by atoms with Gasteiger partial charge in [-0.3, -0.25) is 9.59 Å². The van der Waals surface area contributed by atoms with Crippen LogP contribution in [0.2, 0.25) is 0 Å². The van der Waals surface area contributed by atoms with Gasteiger partial charge in [0.2, 0.25) is 5.91 Å². The van der Waals surface area contributed by atoms with E-state index in [2.05, 4.69) is 15.1 Å². The number of amides is 2. The maximum absolute atomic E-state index is 13.6. The first kappa shape index (κ1) is 26.1. The lowest BCUT2D eigenvalue weighted by molar-refractivity contribution is -0.132. The van der Waals surface area contributed by atoms with Crippen LogP contribution < -0.4 is 4.90 Å². The first-order valence-corrected chi connectivity index (χ1v) is 13.3. The maximum Gasteiger partial charge on any atom is 0.254 e. The smallest absolute Gasteiger partial charge is 0.254 e. The van der Waals surface area contributed by atoms with Crippen LogP contribution in [0.1, 0.15) is 34.5 Å². The third-order valence-corrected chi connectivity index (χ3v) is 7.29. The lowest BCUT2D eigenvalue weighted by Gasteiger charge is -2.37. The van der Waals surface area contributed by atoms with Crippen molar-refractivity contribution >= 4 is 17.6 Å². The topological polar surface area (TPSA) is 69.6 Å². The molecule has 1 aliphatic rings. The summed E-state index contributed by atoms with van der Waals surface area (Å²) in [6.45, 7) is 6.43. The Morgan fingerprint density at radius 2 is 1.44 bits per heavy atom. The van der Waals surface area contributed by atoms with E-state index in [4.69, 9.17) is 0 Å². The predicted molar refractivity (Wildman–Crippen MR) is 153 cm³/mol. The molecule has 0 N–H and O–H groups in total. The van der Waals surface area contributed by atoms with Crippen molar-refractivity contribution in [2.24, 2.45) is 0 Å². The predicted octanol–water partition coefficient (Wildman–Crippen LogP) is 5.00. The molecule has 1 fully saturated rings. The van der Waals surface area contributed by atoms with Crippen molar-refractivity contribution in [2.45, 2.75) is 19.9 Å². The van der Waals surface area contributed by atoms with Crippen molar-refractivity contribution in [1.29, 1.82) is 0 Å². The van der Waals surface area contributed by atoms with E-state index in [0.29, 0.717) is 31.7 Å². The third-order valence-electron chi connectivity index (χ3n) is 7.29. The van der Waals surface area contributed by atoms with Gasteiger partial charge in [-0.05, 0) is 43.7 Å². The molecule has 2 amide bonds. The third kappa shape index (κ3) is 6.14. The van der Waals surface area contributed by atoms with E-state index in [-0.39, 0.29) is 24.4 Å². The molecule has 1 aromatic heterocycles. The summed E-state index contributed by atoms with van der Waals surface area (Å²) < 4.78 is 0. The van der Waals surface area contributed by atoms with Crippen molar-refractivity contribution < 1.29 is 9.59 Å². The van der Waals surface area contributed by atoms with Crippen molar-refractivity contribution in [1.82, 2.24) is 20.0 Å². The van der Waals surface area contributed by atoms with Gasteiger partial charge in [0.1, 0.15) is 6.54 Å². The van der Waals surface area contributed by atoms with Gasteiger partial charge in [0.05, 0.1) is 11.7 Å². The number of hydrogen-bond donors (Lipinski definition) is 0. The van der Waals surface area contributed by atoms with Crippen LogP contribution in [0.3, 0.4) is 0 Å². The van der Waals surface area contributed by atoms with Crippen molar-refractivity contribution in [3.63, 3.8) is 0 Å². The molecule has 0 aliphatic carbocycles. The van der Waals surface area contributed by atoms with E-state index in [9.17, 15) is 9.59 Å². The first-order chi connectivity index (χ1) is 19.0. The van der Waals surface area contributed by atoms with Crippen LogP contribution in [0, 0.1) is 6.92 Å². The van der Waals surface area contributed by atoms with E-state index in [1.165, 1.54) is 0 Å². The Labute approximate surface area is 229 Å². The Bertz CT molecular complexity index is 1380. The SMILES string of the molecule is Cc1ccc(C(=O)N(CC(=O)N2CCN(c3ccc(-c4ccccc4)nn3)CC2)[C@H](C)c2ccccc2)cc1. The lowest BCUT2D eigenvalue weighted by Crippen LogP contribution is -2.52. The number of benzene rings is 3. The Balaban J connectivity index is 1.25. The monoisotopic (exact) mass is 519 g/mol. The second kappa shape index (κ2) is 11.9. The van der Waals surface area contributed by atoms with Crippen LogP contribution in [0.15, 0.2) is 97.1 Å². The van der Waals surface area contributed by atoms with Crippen molar-refractivity contribution in [2.75, 3.05) is 37.6 Å². The molecule has 1 saturated heterocycles. The molecule has 3 aromatic carbocycles. The van der Waals surface area contributed by atoms with E-state index >= 15 is 0 Å². The molecule has 0 bridgehead atoms. The molecule has 7 heteroatoms. The van der Waals surface area contributed by atoms with Crippen LogP contribution in [0.5, 0.6) is 0 Å². The van der Waals surface area contributed by atoms with Gasteiger partial charge in [-0.2, -0.15) is 0 Å². The number of anilines is 1. The van der Waals surface area contributed by atoms with Gasteiger partial charge >= 0.3 is 0 Å². The second-order valence-electron chi connectivity index (χ2n) is 9.90. The largest absolute Gasteiger partial charge is 0.352 e. The number of aromatic nitrogens is 2. The van der Waals surface area contributed by atoms with Crippen molar-refractivity contribution in [3.05, 3.63) is 114 Å². The quantitative estimate of drug-likeness (QED) is 0.344. The molecule has 0 radical (unpaired) electrons. The van der Waals surface area contributed by atoms with Gasteiger partial charge in [0.25, 0.3) is 5.91 Å². The molecule has 39 heavy (non-hydrogen) atoms. The molecule has 0 spiro atoms. The minimum atomic E-state index is -0.247. The fourth-order valence-electron chi connectivity index (χ4n) is 4.85. The summed E-state index contributed by atoms with van der Waals surface area (Å²) in [6, 6.07) is 31.0. The Morgan fingerprint density at radius 3 is 2.05 bits per heavy atom. The molecule has 0 saturated carbocycles. The molecule has 4 aromatic rings. The summed E-state index contributed by atoms with van der Waals surface area (Å²) in [5.41, 5.74) is 4.52. The van der Waals surface area contributed by atoms with Crippen LogP contribution in [-0.2, 0) is 4.79 Å². The number of nitrogens with zero attached hydrogens (tertiary/aromatic N) is 5. The van der Waals surface area contributed by atoms with Gasteiger partial charge in [0, 0.05) is 37.3 Å². The minimum Gasteiger partial charge on any atom is -0.352 e. The van der Waals surface area contributed by atoms with Gasteiger partial charge in [-0.15, -0.1) is 10.2 Å². The van der Waals surface area contributed by atoms with Crippen LogP contribution in [-0.4, -0.2) is 64.5 Å². The molecule has 2 heterocycles. The molecule has 0 unspecified atom stereocenters. The van der Waals surface area contributed by atoms with Crippen molar-refractivity contribution in [3.8, 4) is 11.3 Å². The Kier molecular flexibility index (Phi) is 7.96. The lowest BCUT2D eigenvalue weighted by atomic mass is 10.0. The number of hydrogen-bond acceptors (Lipinski definition) is 5. The fourth-order valence-corrected chi connectivity index (χ4v) is 4.85. The Morgan fingerprint density at radius 1 is 0.795 bits per heavy atom. The molecule has 5 rings (SSSR count). The van der Waals surface area contributed by atoms with Gasteiger partial charge in [0.15, 0.2) is 5.82 Å². The first-order valence-electron chi connectivity index (χ1n) is 13.3. The molecular weight excluding hydrogens is 486 g/mol. The average molecular weight is 520 g/mol. The number of piperazine rings is 1. The maximum atomic E-state index is 13.6. The minimum absolute atomic E-state index is 0.0222. The highest BCUT2D eigenvalue weighted by Gasteiger charge is 2.29. The highest BCUT2D eigenvalue weighted by atomic mass is 16.2. The number of carbonyl (C=O) groups is 2. The van der Waals surface area contributed by atoms with E-state index in [1.807, 2.05) is 116 Å². The van der Waals surface area contributed by atoms with E-state index < -0.39 is 0 Å². The molecule has 198 valence electrons. The standard InChI is InChI=1S/C32H33N5O2/c1-24-13-15-28(16-14-24)32(39)37(25(2)26-9-5-3-6-10-26)23-31(38)36-21-19-35(20-22-36)30-18-17-29(33-34-30)27-11-7-4-8-12-27/h3-18,25H,19-23H2,1-2H3/t25-/m1/s1. The summed E-state index contributed by atoms with van der Waals surface area (Å²) in [7, 11) is 0. The van der Waals surface area contributed by atoms with Crippen LogP contribution >= 0.6 is 0 Å². The summed E-state index contributed by atoms with van der Waals surface area (Å²) >= 11 is 0. The second-order valence-corrected chi connectivity index (χ2v) is 9.90. The normalized spacial score (nSPS) is 14.1. The van der Waals surface area contributed by atoms with Gasteiger partial charge in [-0.1, -0.05) is 78.4 Å².